The zero-order valence-corrected chi connectivity index (χ0v) is 11.7. The molecule has 0 heterocycles. The first-order valence-electron chi connectivity index (χ1n) is 6.60. The summed E-state index contributed by atoms with van der Waals surface area (Å²) in [6, 6.07) is 4.04. The van der Waals surface area contributed by atoms with Crippen molar-refractivity contribution in [3.8, 4) is 5.75 Å². The van der Waals surface area contributed by atoms with Crippen LogP contribution >= 0.6 is 0 Å². The molecule has 2 N–H and O–H groups in total. The quantitative estimate of drug-likeness (QED) is 0.812. The van der Waals surface area contributed by atoms with Gasteiger partial charge in [-0.2, -0.15) is 0 Å². The van der Waals surface area contributed by atoms with Crippen LogP contribution in [-0.2, 0) is 6.54 Å². The number of aromatic hydroxyl groups is 1. The summed E-state index contributed by atoms with van der Waals surface area (Å²) in [6.45, 7) is 10.2. The molecule has 0 bridgehead atoms. The maximum atomic E-state index is 13.1. The second-order valence-corrected chi connectivity index (χ2v) is 5.56. The summed E-state index contributed by atoms with van der Waals surface area (Å²) in [7, 11) is 0. The Balaban J connectivity index is 2.52. The molecule has 0 unspecified atom stereocenters. The molecule has 1 aromatic rings. The summed E-state index contributed by atoms with van der Waals surface area (Å²) in [4.78, 5) is 0. The second-order valence-electron chi connectivity index (χ2n) is 5.56. The monoisotopic (exact) mass is 253 g/mol. The van der Waals surface area contributed by atoms with Crippen molar-refractivity contribution in [2.75, 3.05) is 6.54 Å². The van der Waals surface area contributed by atoms with Gasteiger partial charge in [-0.15, -0.1) is 0 Å². The van der Waals surface area contributed by atoms with Crippen LogP contribution in [-0.4, -0.2) is 11.7 Å². The van der Waals surface area contributed by atoms with E-state index in [1.807, 2.05) is 0 Å². The normalized spacial score (nSPS) is 11.8. The van der Waals surface area contributed by atoms with Crippen LogP contribution in [0.2, 0.25) is 0 Å². The summed E-state index contributed by atoms with van der Waals surface area (Å²) >= 11 is 0. The molecule has 0 saturated heterocycles. The lowest BCUT2D eigenvalue weighted by molar-refractivity contribution is 0.275. The number of halogens is 1. The van der Waals surface area contributed by atoms with Crippen molar-refractivity contribution < 1.29 is 9.50 Å². The van der Waals surface area contributed by atoms with Gasteiger partial charge in [-0.05, 0) is 42.5 Å². The number of phenolic OH excluding ortho intramolecular Hbond substituents is 1. The van der Waals surface area contributed by atoms with Gasteiger partial charge in [-0.25, -0.2) is 4.39 Å². The minimum atomic E-state index is -0.311. The maximum absolute atomic E-state index is 13.1. The number of rotatable bonds is 6. The molecule has 1 aromatic carbocycles. The fraction of sp³-hybridized carbons (Fsp3) is 0.600. The van der Waals surface area contributed by atoms with E-state index in [4.69, 9.17) is 0 Å². The van der Waals surface area contributed by atoms with Crippen molar-refractivity contribution in [2.24, 2.45) is 17.8 Å². The predicted octanol–water partition coefficient (Wildman–Crippen LogP) is 3.55. The molecule has 0 fully saturated rings. The summed E-state index contributed by atoms with van der Waals surface area (Å²) in [5.74, 6) is 1.64. The molecule has 2 nitrogen and oxygen atoms in total. The Kier molecular flexibility index (Phi) is 5.60. The van der Waals surface area contributed by atoms with E-state index in [0.717, 1.165) is 6.54 Å². The predicted molar refractivity (Wildman–Crippen MR) is 72.9 cm³/mol. The van der Waals surface area contributed by atoms with E-state index in [0.29, 0.717) is 29.9 Å². The molecule has 0 aliphatic rings. The van der Waals surface area contributed by atoms with Gasteiger partial charge in [0.25, 0.3) is 0 Å². The van der Waals surface area contributed by atoms with Crippen molar-refractivity contribution in [3.05, 3.63) is 29.6 Å². The molecule has 102 valence electrons. The van der Waals surface area contributed by atoms with Crippen LogP contribution < -0.4 is 5.32 Å². The summed E-state index contributed by atoms with van der Waals surface area (Å²) in [6.07, 6.45) is 0. The standard InChI is InChI=1S/C15H24FNO/c1-10(2)14(11(3)4)9-17-8-12-7-13(16)5-6-15(12)18/h5-7,10-11,14,17-18H,8-9H2,1-4H3. The minimum absolute atomic E-state index is 0.148. The molecule has 0 aliphatic heterocycles. The minimum Gasteiger partial charge on any atom is -0.508 e. The lowest BCUT2D eigenvalue weighted by Crippen LogP contribution is -2.29. The van der Waals surface area contributed by atoms with Crippen molar-refractivity contribution in [2.45, 2.75) is 34.2 Å². The smallest absolute Gasteiger partial charge is 0.123 e. The van der Waals surface area contributed by atoms with Crippen molar-refractivity contribution >= 4 is 0 Å². The highest BCUT2D eigenvalue weighted by Gasteiger charge is 2.16. The largest absolute Gasteiger partial charge is 0.508 e. The summed E-state index contributed by atoms with van der Waals surface area (Å²) < 4.78 is 13.1. The van der Waals surface area contributed by atoms with Gasteiger partial charge < -0.3 is 10.4 Å². The first kappa shape index (κ1) is 15.0. The van der Waals surface area contributed by atoms with Crippen molar-refractivity contribution in [3.63, 3.8) is 0 Å². The van der Waals surface area contributed by atoms with Crippen LogP contribution in [0.5, 0.6) is 5.75 Å². The van der Waals surface area contributed by atoms with Gasteiger partial charge in [0.2, 0.25) is 0 Å². The molecule has 0 amide bonds. The molecule has 3 heteroatoms. The maximum Gasteiger partial charge on any atom is 0.123 e. The van der Waals surface area contributed by atoms with Gasteiger partial charge in [0.1, 0.15) is 11.6 Å². The van der Waals surface area contributed by atoms with Gasteiger partial charge in [0.15, 0.2) is 0 Å². The SMILES string of the molecule is CC(C)C(CNCc1cc(F)ccc1O)C(C)C. The molecule has 0 radical (unpaired) electrons. The van der Waals surface area contributed by atoms with Crippen LogP contribution in [0.4, 0.5) is 4.39 Å². The first-order chi connectivity index (χ1) is 8.41. The van der Waals surface area contributed by atoms with Crippen LogP contribution in [0.1, 0.15) is 33.3 Å². The van der Waals surface area contributed by atoms with E-state index in [2.05, 4.69) is 33.0 Å². The molecule has 0 atom stereocenters. The zero-order chi connectivity index (χ0) is 13.7. The average Bonchev–Trinajstić information content (AvgIpc) is 2.27. The summed E-state index contributed by atoms with van der Waals surface area (Å²) in [5, 5.41) is 12.9. The van der Waals surface area contributed by atoms with E-state index in [-0.39, 0.29) is 11.6 Å². The van der Waals surface area contributed by atoms with Crippen molar-refractivity contribution in [1.29, 1.82) is 0 Å². The first-order valence-corrected chi connectivity index (χ1v) is 6.60. The number of phenols is 1. The number of hydrogen-bond acceptors (Lipinski definition) is 2. The van der Waals surface area contributed by atoms with Crippen LogP contribution in [0.3, 0.4) is 0 Å². The highest BCUT2D eigenvalue weighted by Crippen LogP contribution is 2.21. The molecule has 0 spiro atoms. The molecule has 0 aromatic heterocycles. The zero-order valence-electron chi connectivity index (χ0n) is 11.7. The van der Waals surface area contributed by atoms with E-state index >= 15 is 0 Å². The van der Waals surface area contributed by atoms with Gasteiger partial charge in [0, 0.05) is 12.1 Å². The average molecular weight is 253 g/mol. The molecular formula is C15H24FNO. The molecule has 1 rings (SSSR count). The third kappa shape index (κ3) is 4.30. The number of benzene rings is 1. The Bertz CT molecular complexity index is 369. The Labute approximate surface area is 109 Å². The fourth-order valence-corrected chi connectivity index (χ4v) is 2.31. The second kappa shape index (κ2) is 6.74. The molecule has 0 saturated carbocycles. The third-order valence-corrected chi connectivity index (χ3v) is 3.45. The van der Waals surface area contributed by atoms with E-state index in [1.54, 1.807) is 0 Å². The molecule has 18 heavy (non-hydrogen) atoms. The number of hydrogen-bond donors (Lipinski definition) is 2. The highest BCUT2D eigenvalue weighted by atomic mass is 19.1. The lowest BCUT2D eigenvalue weighted by Gasteiger charge is -2.25. The van der Waals surface area contributed by atoms with E-state index in [1.165, 1.54) is 18.2 Å². The fourth-order valence-electron chi connectivity index (χ4n) is 2.31. The van der Waals surface area contributed by atoms with Crippen LogP contribution in [0, 0.1) is 23.6 Å². The molecule has 0 aliphatic carbocycles. The molecular weight excluding hydrogens is 229 g/mol. The Morgan fingerprint density at radius 2 is 1.78 bits per heavy atom. The van der Waals surface area contributed by atoms with Crippen molar-refractivity contribution in [1.82, 2.24) is 5.32 Å². The van der Waals surface area contributed by atoms with Gasteiger partial charge >= 0.3 is 0 Å². The van der Waals surface area contributed by atoms with E-state index in [9.17, 15) is 9.50 Å². The van der Waals surface area contributed by atoms with E-state index < -0.39 is 0 Å². The Morgan fingerprint density at radius 3 is 2.33 bits per heavy atom. The van der Waals surface area contributed by atoms with Crippen LogP contribution in [0.15, 0.2) is 18.2 Å². The summed E-state index contributed by atoms with van der Waals surface area (Å²) in [5.41, 5.74) is 0.612. The van der Waals surface area contributed by atoms with Gasteiger partial charge in [-0.1, -0.05) is 27.7 Å². The Morgan fingerprint density at radius 1 is 1.17 bits per heavy atom. The third-order valence-electron chi connectivity index (χ3n) is 3.45. The van der Waals surface area contributed by atoms with Gasteiger partial charge in [0.05, 0.1) is 0 Å². The lowest BCUT2D eigenvalue weighted by atomic mass is 9.85. The van der Waals surface area contributed by atoms with Gasteiger partial charge in [-0.3, -0.25) is 0 Å². The number of nitrogens with one attached hydrogen (secondary N) is 1. The highest BCUT2D eigenvalue weighted by molar-refractivity contribution is 5.32. The Hall–Kier alpha value is -1.09. The van der Waals surface area contributed by atoms with Crippen LogP contribution in [0.25, 0.3) is 0 Å². The topological polar surface area (TPSA) is 32.3 Å².